The van der Waals surface area contributed by atoms with Crippen LogP contribution in [0.25, 0.3) is 6.08 Å². The lowest BCUT2D eigenvalue weighted by Gasteiger charge is -2.13. The number of benzene rings is 2. The van der Waals surface area contributed by atoms with Gasteiger partial charge in [0.1, 0.15) is 12.3 Å². The molecule has 1 fully saturated rings. The minimum atomic E-state index is -1.20. The zero-order valence-corrected chi connectivity index (χ0v) is 20.0. The van der Waals surface area contributed by atoms with Crippen molar-refractivity contribution in [2.45, 2.75) is 6.92 Å². The van der Waals surface area contributed by atoms with Gasteiger partial charge in [-0.3, -0.25) is 19.3 Å². The van der Waals surface area contributed by atoms with Gasteiger partial charge in [-0.25, -0.2) is 4.79 Å². The smallest absolute Gasteiger partial charge is 0.341 e. The fourth-order valence-corrected chi connectivity index (χ4v) is 4.32. The molecule has 2 aromatic rings. The highest BCUT2D eigenvalue weighted by Crippen LogP contribution is 2.37. The van der Waals surface area contributed by atoms with Gasteiger partial charge in [-0.15, -0.1) is 0 Å². The van der Waals surface area contributed by atoms with Crippen LogP contribution in [0.15, 0.2) is 41.3 Å². The summed E-state index contributed by atoms with van der Waals surface area (Å²) in [5.41, 5.74) is 0.882. The van der Waals surface area contributed by atoms with Gasteiger partial charge in [-0.05, 0) is 66.7 Å². The number of carbonyl (C=O) groups is 4. The molecule has 0 aliphatic carbocycles. The summed E-state index contributed by atoms with van der Waals surface area (Å²) in [5, 5.41) is 10.8. The van der Waals surface area contributed by atoms with Crippen molar-refractivity contribution in [1.82, 2.24) is 4.90 Å². The maximum atomic E-state index is 12.7. The van der Waals surface area contributed by atoms with Crippen LogP contribution in [0.2, 0.25) is 10.0 Å². The number of anilines is 1. The van der Waals surface area contributed by atoms with Crippen LogP contribution in [-0.2, 0) is 14.4 Å². The molecule has 1 saturated heterocycles. The van der Waals surface area contributed by atoms with E-state index in [1.54, 1.807) is 24.3 Å². The fourth-order valence-electron chi connectivity index (χ4n) is 2.87. The number of nitrogens with zero attached hydrogens (tertiary/aromatic N) is 1. The molecule has 1 aliphatic rings. The number of hydrogen-bond donors (Lipinski definition) is 2. The first-order valence-corrected chi connectivity index (χ1v) is 11.4. The third-order valence-electron chi connectivity index (χ3n) is 4.28. The van der Waals surface area contributed by atoms with E-state index in [-0.39, 0.29) is 20.7 Å². The van der Waals surface area contributed by atoms with Gasteiger partial charge in [-0.2, -0.15) is 0 Å². The Morgan fingerprint density at radius 1 is 1.12 bits per heavy atom. The lowest BCUT2D eigenvalue weighted by molar-refractivity contribution is -0.139. The van der Waals surface area contributed by atoms with Crippen molar-refractivity contribution in [3.05, 3.63) is 56.9 Å². The second-order valence-electron chi connectivity index (χ2n) is 6.77. The molecule has 0 bridgehead atoms. The quantitative estimate of drug-likeness (QED) is 0.458. The van der Waals surface area contributed by atoms with E-state index in [0.29, 0.717) is 35.4 Å². The van der Waals surface area contributed by atoms with E-state index in [1.807, 2.05) is 6.92 Å². The Bertz CT molecular complexity index is 1150. The van der Waals surface area contributed by atoms with Crippen molar-refractivity contribution in [1.29, 1.82) is 0 Å². The molecule has 34 heavy (non-hydrogen) atoms. The van der Waals surface area contributed by atoms with Crippen LogP contribution in [0, 0.1) is 0 Å². The highest BCUT2D eigenvalue weighted by Gasteiger charge is 2.36. The number of amides is 3. The molecule has 1 aliphatic heterocycles. The second-order valence-corrected chi connectivity index (χ2v) is 8.58. The molecular weight excluding hydrogens is 507 g/mol. The first kappa shape index (κ1) is 25.4. The van der Waals surface area contributed by atoms with Crippen molar-refractivity contribution in [3.8, 4) is 11.5 Å². The number of hydrogen-bond acceptors (Lipinski definition) is 7. The Hall–Kier alpha value is -3.21. The third kappa shape index (κ3) is 6.43. The molecular formula is C22H18Cl2N2O7S. The van der Waals surface area contributed by atoms with Gasteiger partial charge in [0.15, 0.2) is 12.4 Å². The van der Waals surface area contributed by atoms with E-state index < -0.39 is 36.2 Å². The summed E-state index contributed by atoms with van der Waals surface area (Å²) in [6, 6.07) is 9.50. The Morgan fingerprint density at radius 3 is 2.35 bits per heavy atom. The average molecular weight is 525 g/mol. The van der Waals surface area contributed by atoms with Crippen LogP contribution in [0.1, 0.15) is 12.5 Å². The Morgan fingerprint density at radius 2 is 1.76 bits per heavy atom. The van der Waals surface area contributed by atoms with Crippen LogP contribution in [0.4, 0.5) is 10.5 Å². The molecule has 0 atom stereocenters. The lowest BCUT2D eigenvalue weighted by atomic mass is 10.2. The number of halogens is 2. The largest absolute Gasteiger partial charge is 0.494 e. The van der Waals surface area contributed by atoms with E-state index in [2.05, 4.69) is 5.32 Å². The Balaban J connectivity index is 1.68. The van der Waals surface area contributed by atoms with Gasteiger partial charge in [0.05, 0.1) is 21.6 Å². The Kier molecular flexibility index (Phi) is 8.43. The van der Waals surface area contributed by atoms with E-state index in [1.165, 1.54) is 18.2 Å². The highest BCUT2D eigenvalue weighted by atomic mass is 35.5. The number of nitrogens with one attached hydrogen (secondary N) is 1. The summed E-state index contributed by atoms with van der Waals surface area (Å²) < 4.78 is 10.4. The van der Waals surface area contributed by atoms with Crippen molar-refractivity contribution in [2.75, 3.05) is 25.1 Å². The van der Waals surface area contributed by atoms with Crippen molar-refractivity contribution in [3.63, 3.8) is 0 Å². The second kappa shape index (κ2) is 11.3. The summed E-state index contributed by atoms with van der Waals surface area (Å²) >= 11 is 12.9. The normalized spacial score (nSPS) is 14.4. The summed E-state index contributed by atoms with van der Waals surface area (Å²) in [6.07, 6.45) is 1.40. The highest BCUT2D eigenvalue weighted by molar-refractivity contribution is 8.18. The number of carboxylic acid groups (broad SMARTS) is 1. The van der Waals surface area contributed by atoms with E-state index in [4.69, 9.17) is 37.8 Å². The summed E-state index contributed by atoms with van der Waals surface area (Å²) in [7, 11) is 0. The molecule has 2 N–H and O–H groups in total. The molecule has 3 rings (SSSR count). The van der Waals surface area contributed by atoms with Crippen LogP contribution in [0.3, 0.4) is 0 Å². The number of carboxylic acids is 1. The molecule has 0 saturated carbocycles. The van der Waals surface area contributed by atoms with Crippen LogP contribution in [-0.4, -0.2) is 52.8 Å². The summed E-state index contributed by atoms with van der Waals surface area (Å²) in [4.78, 5) is 49.0. The third-order valence-corrected chi connectivity index (χ3v) is 5.75. The van der Waals surface area contributed by atoms with Gasteiger partial charge in [0.2, 0.25) is 5.91 Å². The number of ether oxygens (including phenoxy) is 2. The lowest BCUT2D eigenvalue weighted by Crippen LogP contribution is -2.36. The van der Waals surface area contributed by atoms with Gasteiger partial charge >= 0.3 is 5.97 Å². The van der Waals surface area contributed by atoms with Gasteiger partial charge in [0, 0.05) is 5.69 Å². The Labute approximate surface area is 208 Å². The van der Waals surface area contributed by atoms with Gasteiger partial charge in [-0.1, -0.05) is 23.2 Å². The topological polar surface area (TPSA) is 122 Å². The maximum absolute atomic E-state index is 12.7. The standard InChI is InChI=1S/C22H18Cl2N2O7S/c1-2-32-14-5-3-13(4-6-14)25-18(27)10-26-21(30)17(34-22(26)31)9-12-7-15(23)20(16(24)8-12)33-11-19(28)29/h3-9H,2,10-11H2,1H3,(H,25,27)(H,28,29)/b17-9+. The van der Waals surface area contributed by atoms with Gasteiger partial charge in [0.25, 0.3) is 11.1 Å². The van der Waals surface area contributed by atoms with Gasteiger partial charge < -0.3 is 19.9 Å². The molecule has 1 heterocycles. The van der Waals surface area contributed by atoms with Crippen molar-refractivity contribution in [2.24, 2.45) is 0 Å². The van der Waals surface area contributed by atoms with Crippen LogP contribution >= 0.6 is 35.0 Å². The minimum Gasteiger partial charge on any atom is -0.494 e. The molecule has 3 amide bonds. The number of rotatable bonds is 9. The first-order valence-electron chi connectivity index (χ1n) is 9.79. The molecule has 0 radical (unpaired) electrons. The predicted molar refractivity (Wildman–Crippen MR) is 129 cm³/mol. The van der Waals surface area contributed by atoms with E-state index in [0.717, 1.165) is 4.90 Å². The van der Waals surface area contributed by atoms with Crippen molar-refractivity contribution < 1.29 is 33.8 Å². The molecule has 0 unspecified atom stereocenters. The predicted octanol–water partition coefficient (Wildman–Crippen LogP) is 4.53. The van der Waals surface area contributed by atoms with E-state index >= 15 is 0 Å². The number of carbonyl (C=O) groups excluding carboxylic acids is 3. The zero-order chi connectivity index (χ0) is 24.8. The molecule has 0 aromatic heterocycles. The zero-order valence-electron chi connectivity index (χ0n) is 17.7. The molecule has 178 valence electrons. The molecule has 0 spiro atoms. The first-order chi connectivity index (χ1) is 16.2. The molecule has 12 heteroatoms. The summed E-state index contributed by atoms with van der Waals surface area (Å²) in [5.74, 6) is -1.74. The minimum absolute atomic E-state index is 0.0121. The number of imide groups is 1. The van der Waals surface area contributed by atoms with Crippen LogP contribution in [0.5, 0.6) is 11.5 Å². The van der Waals surface area contributed by atoms with E-state index in [9.17, 15) is 19.2 Å². The fraction of sp³-hybridized carbons (Fsp3) is 0.182. The average Bonchev–Trinajstić information content (AvgIpc) is 3.02. The SMILES string of the molecule is CCOc1ccc(NC(=O)CN2C(=O)S/C(=C/c3cc(Cl)c(OCC(=O)O)c(Cl)c3)C2=O)cc1. The van der Waals surface area contributed by atoms with Crippen LogP contribution < -0.4 is 14.8 Å². The number of thioether (sulfide) groups is 1. The summed E-state index contributed by atoms with van der Waals surface area (Å²) in [6.45, 7) is 1.28. The molecule has 9 nitrogen and oxygen atoms in total. The van der Waals surface area contributed by atoms with Crippen molar-refractivity contribution >= 4 is 69.8 Å². The molecule has 2 aromatic carbocycles. The number of aliphatic carboxylic acids is 1. The monoisotopic (exact) mass is 524 g/mol. The maximum Gasteiger partial charge on any atom is 0.341 e.